The second kappa shape index (κ2) is 3.45. The minimum Gasteiger partial charge on any atom is -0.391 e. The largest absolute Gasteiger partial charge is 0.391 e. The first-order valence-electron chi connectivity index (χ1n) is 4.01. The number of rotatable bonds is 3. The van der Waals surface area contributed by atoms with Crippen LogP contribution in [0.25, 0.3) is 10.3 Å². The van der Waals surface area contributed by atoms with Gasteiger partial charge in [0.15, 0.2) is 5.58 Å². The molecule has 0 aliphatic carbocycles. The summed E-state index contributed by atoms with van der Waals surface area (Å²) in [6, 6.07) is 1.87. The Morgan fingerprint density at radius 2 is 2.54 bits per heavy atom. The van der Waals surface area contributed by atoms with E-state index in [1.54, 1.807) is 11.3 Å². The van der Waals surface area contributed by atoms with E-state index in [-0.39, 0.29) is 6.54 Å². The van der Waals surface area contributed by atoms with Gasteiger partial charge in [0.25, 0.3) is 0 Å². The Morgan fingerprint density at radius 3 is 3.31 bits per heavy atom. The summed E-state index contributed by atoms with van der Waals surface area (Å²) < 4.78 is 6.05. The van der Waals surface area contributed by atoms with Crippen molar-refractivity contribution in [1.29, 1.82) is 0 Å². The van der Waals surface area contributed by atoms with E-state index in [0.29, 0.717) is 6.42 Å². The molecular weight excluding hydrogens is 188 g/mol. The van der Waals surface area contributed by atoms with Crippen molar-refractivity contribution in [2.24, 2.45) is 5.73 Å². The highest BCUT2D eigenvalue weighted by Gasteiger charge is 2.12. The van der Waals surface area contributed by atoms with E-state index in [2.05, 4.69) is 5.16 Å². The Hall–Kier alpha value is -0.910. The number of hydrogen-bond donors (Lipinski definition) is 2. The molecule has 0 saturated heterocycles. The third-order valence-corrected chi connectivity index (χ3v) is 2.79. The molecule has 1 unspecified atom stereocenters. The molecule has 2 aromatic heterocycles. The molecule has 0 saturated carbocycles. The van der Waals surface area contributed by atoms with Gasteiger partial charge in [0.2, 0.25) is 0 Å². The number of fused-ring (bicyclic) bond motifs is 1. The van der Waals surface area contributed by atoms with Crippen LogP contribution in [0.5, 0.6) is 0 Å². The van der Waals surface area contributed by atoms with E-state index in [9.17, 15) is 5.11 Å². The number of nitrogens with two attached hydrogens (primary N) is 1. The third kappa shape index (κ3) is 1.58. The molecule has 1 atom stereocenters. The van der Waals surface area contributed by atoms with Gasteiger partial charge in [-0.05, 0) is 11.4 Å². The Morgan fingerprint density at radius 1 is 1.69 bits per heavy atom. The summed E-state index contributed by atoms with van der Waals surface area (Å²) in [6.45, 7) is 0.250. The van der Waals surface area contributed by atoms with Gasteiger partial charge in [-0.3, -0.25) is 0 Å². The van der Waals surface area contributed by atoms with E-state index in [4.69, 9.17) is 10.3 Å². The monoisotopic (exact) mass is 198 g/mol. The predicted octanol–water partition coefficient (Wildman–Crippen LogP) is 0.751. The van der Waals surface area contributed by atoms with Crippen LogP contribution in [-0.2, 0) is 6.42 Å². The van der Waals surface area contributed by atoms with Crippen LogP contribution in [0.1, 0.15) is 5.69 Å². The minimum atomic E-state index is -0.532. The van der Waals surface area contributed by atoms with Gasteiger partial charge < -0.3 is 15.4 Å². The molecule has 0 radical (unpaired) electrons. The maximum Gasteiger partial charge on any atom is 0.177 e. The molecule has 5 heteroatoms. The number of thiophene rings is 1. The molecule has 0 spiro atoms. The highest BCUT2D eigenvalue weighted by Crippen LogP contribution is 2.24. The minimum absolute atomic E-state index is 0.250. The van der Waals surface area contributed by atoms with E-state index in [0.717, 1.165) is 16.0 Å². The number of aromatic nitrogens is 1. The second-order valence-electron chi connectivity index (χ2n) is 2.84. The summed E-state index contributed by atoms with van der Waals surface area (Å²) in [4.78, 5) is 0. The lowest BCUT2D eigenvalue weighted by molar-refractivity contribution is 0.181. The van der Waals surface area contributed by atoms with Crippen molar-refractivity contribution in [2.75, 3.05) is 6.54 Å². The van der Waals surface area contributed by atoms with Crippen LogP contribution in [-0.4, -0.2) is 22.9 Å². The van der Waals surface area contributed by atoms with Crippen molar-refractivity contribution >= 4 is 21.6 Å². The summed E-state index contributed by atoms with van der Waals surface area (Å²) in [5.41, 5.74) is 6.88. The summed E-state index contributed by atoms with van der Waals surface area (Å²) in [7, 11) is 0. The van der Waals surface area contributed by atoms with Crippen molar-refractivity contribution in [2.45, 2.75) is 12.5 Å². The summed E-state index contributed by atoms with van der Waals surface area (Å²) in [5, 5.41) is 15.1. The van der Waals surface area contributed by atoms with Crippen LogP contribution in [0.4, 0.5) is 0 Å². The van der Waals surface area contributed by atoms with Gasteiger partial charge in [0.05, 0.1) is 10.8 Å². The van der Waals surface area contributed by atoms with Crippen molar-refractivity contribution < 1.29 is 9.63 Å². The van der Waals surface area contributed by atoms with Crippen molar-refractivity contribution in [1.82, 2.24) is 5.16 Å². The molecule has 0 bridgehead atoms. The summed E-state index contributed by atoms with van der Waals surface area (Å²) in [6.07, 6.45) is -0.0697. The summed E-state index contributed by atoms with van der Waals surface area (Å²) >= 11 is 1.56. The fourth-order valence-electron chi connectivity index (χ4n) is 1.16. The molecule has 0 amide bonds. The zero-order valence-corrected chi connectivity index (χ0v) is 7.75. The van der Waals surface area contributed by atoms with Crippen molar-refractivity contribution in [3.63, 3.8) is 0 Å². The molecule has 2 rings (SSSR count). The molecule has 70 valence electrons. The average Bonchev–Trinajstić information content (AvgIpc) is 2.69. The van der Waals surface area contributed by atoms with E-state index in [1.807, 2.05) is 11.4 Å². The Bertz CT molecular complexity index is 395. The maximum absolute atomic E-state index is 9.32. The molecule has 0 aromatic carbocycles. The Kier molecular flexibility index (Phi) is 2.30. The highest BCUT2D eigenvalue weighted by molar-refractivity contribution is 7.17. The molecule has 0 fully saturated rings. The van der Waals surface area contributed by atoms with Crippen LogP contribution < -0.4 is 5.73 Å². The standard InChI is InChI=1S/C8H10N2O2S/c9-4-5(11)3-6-8-7(12-10-6)1-2-13-8/h1-2,5,11H,3-4,9H2. The van der Waals surface area contributed by atoms with Crippen molar-refractivity contribution in [3.05, 3.63) is 17.1 Å². The van der Waals surface area contributed by atoms with Gasteiger partial charge in [0.1, 0.15) is 5.69 Å². The zero-order valence-electron chi connectivity index (χ0n) is 6.93. The normalized spacial score (nSPS) is 13.7. The SMILES string of the molecule is NCC(O)Cc1noc2ccsc12. The lowest BCUT2D eigenvalue weighted by atomic mass is 10.2. The molecule has 3 N–H and O–H groups in total. The molecule has 4 nitrogen and oxygen atoms in total. The first-order chi connectivity index (χ1) is 6.31. The zero-order chi connectivity index (χ0) is 9.26. The van der Waals surface area contributed by atoms with Crippen LogP contribution in [0.2, 0.25) is 0 Å². The van der Waals surface area contributed by atoms with E-state index < -0.39 is 6.10 Å². The second-order valence-corrected chi connectivity index (χ2v) is 3.75. The van der Waals surface area contributed by atoms with Gasteiger partial charge in [-0.2, -0.15) is 0 Å². The number of aliphatic hydroxyl groups excluding tert-OH is 1. The average molecular weight is 198 g/mol. The predicted molar refractivity (Wildman–Crippen MR) is 50.7 cm³/mol. The van der Waals surface area contributed by atoms with Gasteiger partial charge in [-0.25, -0.2) is 0 Å². The van der Waals surface area contributed by atoms with Crippen LogP contribution in [0.15, 0.2) is 16.0 Å². The molecule has 0 aliphatic heterocycles. The molecule has 2 aromatic rings. The third-order valence-electron chi connectivity index (χ3n) is 1.85. The first-order valence-corrected chi connectivity index (χ1v) is 4.89. The fraction of sp³-hybridized carbons (Fsp3) is 0.375. The summed E-state index contributed by atoms with van der Waals surface area (Å²) in [5.74, 6) is 0. The van der Waals surface area contributed by atoms with Gasteiger partial charge in [-0.15, -0.1) is 11.3 Å². The van der Waals surface area contributed by atoms with Crippen LogP contribution in [0, 0.1) is 0 Å². The topological polar surface area (TPSA) is 72.3 Å². The first kappa shape index (κ1) is 8.68. The molecule has 2 heterocycles. The lowest BCUT2D eigenvalue weighted by Gasteiger charge is -2.02. The van der Waals surface area contributed by atoms with Crippen molar-refractivity contribution in [3.8, 4) is 0 Å². The number of hydrogen-bond acceptors (Lipinski definition) is 5. The van der Waals surface area contributed by atoms with E-state index in [1.165, 1.54) is 0 Å². The molecular formula is C8H10N2O2S. The maximum atomic E-state index is 9.32. The highest BCUT2D eigenvalue weighted by atomic mass is 32.1. The van der Waals surface area contributed by atoms with Crippen LogP contribution >= 0.6 is 11.3 Å². The lowest BCUT2D eigenvalue weighted by Crippen LogP contribution is -2.22. The Balaban J connectivity index is 2.27. The molecule has 13 heavy (non-hydrogen) atoms. The smallest absolute Gasteiger partial charge is 0.177 e. The van der Waals surface area contributed by atoms with Gasteiger partial charge >= 0.3 is 0 Å². The van der Waals surface area contributed by atoms with E-state index >= 15 is 0 Å². The van der Waals surface area contributed by atoms with Crippen LogP contribution in [0.3, 0.4) is 0 Å². The number of nitrogens with zero attached hydrogens (tertiary/aromatic N) is 1. The fourth-order valence-corrected chi connectivity index (χ4v) is 1.97. The number of aliphatic hydroxyl groups is 1. The van der Waals surface area contributed by atoms with Gasteiger partial charge in [-0.1, -0.05) is 5.16 Å². The van der Waals surface area contributed by atoms with Gasteiger partial charge in [0, 0.05) is 13.0 Å². The Labute approximate surface area is 78.9 Å². The molecule has 0 aliphatic rings. The quantitative estimate of drug-likeness (QED) is 0.763.